The van der Waals surface area contributed by atoms with E-state index in [2.05, 4.69) is 13.8 Å². The molecule has 84 valence electrons. The zero-order valence-corrected chi connectivity index (χ0v) is 9.29. The molecule has 3 heteroatoms. The Bertz CT molecular complexity index is 153. The molecule has 3 nitrogen and oxygen atoms in total. The topological polar surface area (TPSA) is 38.7 Å². The van der Waals surface area contributed by atoms with Gasteiger partial charge in [-0.2, -0.15) is 0 Å². The van der Waals surface area contributed by atoms with Crippen molar-refractivity contribution in [3.63, 3.8) is 0 Å². The number of ether oxygens (including phenoxy) is 2. The van der Waals surface area contributed by atoms with Gasteiger partial charge in [-0.1, -0.05) is 13.8 Å². The third-order valence-electron chi connectivity index (χ3n) is 2.46. The molecule has 0 aromatic heterocycles. The molecule has 0 aliphatic heterocycles. The predicted molar refractivity (Wildman–Crippen MR) is 55.3 cm³/mol. The maximum atomic E-state index is 8.49. The van der Waals surface area contributed by atoms with Gasteiger partial charge in [0.05, 0.1) is 32.0 Å². The average molecular weight is 202 g/mol. The molecule has 0 bridgehead atoms. The summed E-state index contributed by atoms with van der Waals surface area (Å²) in [6.07, 6.45) is 3.56. The third-order valence-corrected chi connectivity index (χ3v) is 2.46. The summed E-state index contributed by atoms with van der Waals surface area (Å²) in [6, 6.07) is 0. The van der Waals surface area contributed by atoms with Gasteiger partial charge in [-0.05, 0) is 25.2 Å². The van der Waals surface area contributed by atoms with E-state index in [1.54, 1.807) is 0 Å². The maximum Gasteiger partial charge on any atom is 0.0708 e. The minimum absolute atomic E-state index is 0.0944. The van der Waals surface area contributed by atoms with E-state index in [0.717, 1.165) is 6.42 Å². The lowest BCUT2D eigenvalue weighted by Crippen LogP contribution is -2.20. The second kappa shape index (κ2) is 5.69. The Morgan fingerprint density at radius 2 is 1.93 bits per heavy atom. The van der Waals surface area contributed by atoms with Crippen molar-refractivity contribution >= 4 is 0 Å². The van der Waals surface area contributed by atoms with Crippen LogP contribution in [-0.4, -0.2) is 37.1 Å². The van der Waals surface area contributed by atoms with E-state index in [9.17, 15) is 0 Å². The van der Waals surface area contributed by atoms with Gasteiger partial charge in [-0.15, -0.1) is 0 Å². The normalized spacial score (nSPS) is 18.9. The zero-order valence-electron chi connectivity index (χ0n) is 9.29. The largest absolute Gasteiger partial charge is 0.394 e. The van der Waals surface area contributed by atoms with Gasteiger partial charge in [0.15, 0.2) is 0 Å². The molecule has 0 spiro atoms. The smallest absolute Gasteiger partial charge is 0.0708 e. The number of aliphatic hydroxyl groups excluding tert-OH is 1. The lowest BCUT2D eigenvalue weighted by molar-refractivity contribution is -0.0232. The maximum absolute atomic E-state index is 8.49. The summed E-state index contributed by atoms with van der Waals surface area (Å²) in [6.45, 7) is 6.22. The van der Waals surface area contributed by atoms with Crippen molar-refractivity contribution in [2.24, 2.45) is 5.92 Å². The number of hydrogen-bond acceptors (Lipinski definition) is 3. The van der Waals surface area contributed by atoms with Crippen LogP contribution in [0.5, 0.6) is 0 Å². The molecule has 1 saturated carbocycles. The van der Waals surface area contributed by atoms with Crippen LogP contribution in [0.4, 0.5) is 0 Å². The summed E-state index contributed by atoms with van der Waals surface area (Å²) in [5, 5.41) is 8.49. The fourth-order valence-corrected chi connectivity index (χ4v) is 1.77. The van der Waals surface area contributed by atoms with E-state index in [1.165, 1.54) is 12.8 Å². The van der Waals surface area contributed by atoms with Gasteiger partial charge in [-0.25, -0.2) is 0 Å². The van der Waals surface area contributed by atoms with Crippen LogP contribution in [-0.2, 0) is 9.47 Å². The Hall–Kier alpha value is -0.120. The molecule has 0 aromatic carbocycles. The fraction of sp³-hybridized carbons (Fsp3) is 1.00. The number of hydrogen-bond donors (Lipinski definition) is 1. The highest BCUT2D eigenvalue weighted by Crippen LogP contribution is 2.44. The van der Waals surface area contributed by atoms with Crippen LogP contribution in [0.2, 0.25) is 0 Å². The first-order chi connectivity index (χ1) is 6.68. The van der Waals surface area contributed by atoms with E-state index in [4.69, 9.17) is 14.6 Å². The highest BCUT2D eigenvalue weighted by molar-refractivity contribution is 4.96. The summed E-state index contributed by atoms with van der Waals surface area (Å²) in [5.74, 6) is 0.705. The first kappa shape index (κ1) is 12.0. The van der Waals surface area contributed by atoms with E-state index >= 15 is 0 Å². The summed E-state index contributed by atoms with van der Waals surface area (Å²) in [7, 11) is 0. The van der Waals surface area contributed by atoms with Gasteiger partial charge in [0.2, 0.25) is 0 Å². The monoisotopic (exact) mass is 202 g/mol. The van der Waals surface area contributed by atoms with Gasteiger partial charge < -0.3 is 14.6 Å². The molecule has 1 fully saturated rings. The molecule has 0 aromatic rings. The molecule has 0 atom stereocenters. The van der Waals surface area contributed by atoms with E-state index < -0.39 is 0 Å². The minimum atomic E-state index is 0.0944. The molecular formula is C11H22O3. The lowest BCUT2D eigenvalue weighted by atomic mass is 10.0. The molecule has 0 amide bonds. The Morgan fingerprint density at radius 1 is 1.21 bits per heavy atom. The average Bonchev–Trinajstić information content (AvgIpc) is 2.84. The summed E-state index contributed by atoms with van der Waals surface area (Å²) in [4.78, 5) is 0. The van der Waals surface area contributed by atoms with Crippen LogP contribution >= 0.6 is 0 Å². The molecule has 1 N–H and O–H groups in total. The Labute approximate surface area is 86.4 Å². The van der Waals surface area contributed by atoms with Crippen LogP contribution in [0.25, 0.3) is 0 Å². The quantitative estimate of drug-likeness (QED) is 0.607. The van der Waals surface area contributed by atoms with Gasteiger partial charge in [0.1, 0.15) is 0 Å². The molecule has 0 radical (unpaired) electrons. The van der Waals surface area contributed by atoms with Crippen LogP contribution < -0.4 is 0 Å². The third kappa shape index (κ3) is 4.40. The molecule has 0 heterocycles. The van der Waals surface area contributed by atoms with Crippen LogP contribution in [0.3, 0.4) is 0 Å². The molecule has 1 rings (SSSR count). The number of rotatable bonds is 8. The first-order valence-corrected chi connectivity index (χ1v) is 5.51. The first-order valence-electron chi connectivity index (χ1n) is 5.51. The van der Waals surface area contributed by atoms with Crippen LogP contribution in [0.1, 0.15) is 33.1 Å². The summed E-state index contributed by atoms with van der Waals surface area (Å²) in [5.41, 5.74) is 0.177. The lowest BCUT2D eigenvalue weighted by Gasteiger charge is -2.18. The molecule has 1 aliphatic carbocycles. The van der Waals surface area contributed by atoms with Crippen molar-refractivity contribution in [2.75, 3.05) is 26.4 Å². The molecular weight excluding hydrogens is 180 g/mol. The molecule has 14 heavy (non-hydrogen) atoms. The highest BCUT2D eigenvalue weighted by atomic mass is 16.5. The van der Waals surface area contributed by atoms with Gasteiger partial charge in [0.25, 0.3) is 0 Å². The molecule has 0 saturated heterocycles. The Morgan fingerprint density at radius 3 is 2.43 bits per heavy atom. The van der Waals surface area contributed by atoms with Crippen molar-refractivity contribution in [2.45, 2.75) is 38.7 Å². The summed E-state index contributed by atoms with van der Waals surface area (Å²) >= 11 is 0. The van der Waals surface area contributed by atoms with Crippen LogP contribution in [0, 0.1) is 5.92 Å². The van der Waals surface area contributed by atoms with Crippen molar-refractivity contribution < 1.29 is 14.6 Å². The van der Waals surface area contributed by atoms with Gasteiger partial charge in [-0.3, -0.25) is 0 Å². The molecule has 1 aliphatic rings. The SMILES string of the molecule is CC(C)CC1(OCCOCCO)CC1. The van der Waals surface area contributed by atoms with Gasteiger partial charge in [0, 0.05) is 0 Å². The summed E-state index contributed by atoms with van der Waals surface area (Å²) < 4.78 is 10.9. The van der Waals surface area contributed by atoms with Crippen molar-refractivity contribution in [3.05, 3.63) is 0 Å². The fourth-order valence-electron chi connectivity index (χ4n) is 1.77. The molecule has 0 unspecified atom stereocenters. The number of aliphatic hydroxyl groups is 1. The van der Waals surface area contributed by atoms with Crippen molar-refractivity contribution in [3.8, 4) is 0 Å². The minimum Gasteiger partial charge on any atom is -0.394 e. The van der Waals surface area contributed by atoms with Crippen LogP contribution in [0.15, 0.2) is 0 Å². The highest BCUT2D eigenvalue weighted by Gasteiger charge is 2.43. The Balaban J connectivity index is 2.00. The zero-order chi connectivity index (χ0) is 10.4. The standard InChI is InChI=1S/C11H22O3/c1-10(2)9-11(3-4-11)14-8-7-13-6-5-12/h10,12H,3-9H2,1-2H3. The van der Waals surface area contributed by atoms with Gasteiger partial charge >= 0.3 is 0 Å². The van der Waals surface area contributed by atoms with E-state index in [-0.39, 0.29) is 12.2 Å². The second-order valence-electron chi connectivity index (χ2n) is 4.47. The second-order valence-corrected chi connectivity index (χ2v) is 4.47. The van der Waals surface area contributed by atoms with Crippen molar-refractivity contribution in [1.82, 2.24) is 0 Å². The van der Waals surface area contributed by atoms with E-state index in [0.29, 0.717) is 25.7 Å². The Kier molecular flexibility index (Phi) is 4.85. The van der Waals surface area contributed by atoms with E-state index in [1.807, 2.05) is 0 Å². The van der Waals surface area contributed by atoms with Crippen molar-refractivity contribution in [1.29, 1.82) is 0 Å². The predicted octanol–water partition coefficient (Wildman–Crippen LogP) is 1.59.